The van der Waals surface area contributed by atoms with Gasteiger partial charge in [0.25, 0.3) is 0 Å². The van der Waals surface area contributed by atoms with Crippen LogP contribution in [0.4, 0.5) is 0 Å². The number of rotatable bonds is 3. The Kier molecular flexibility index (Phi) is 3.01. The van der Waals surface area contributed by atoms with Crippen LogP contribution < -0.4 is 0 Å². The van der Waals surface area contributed by atoms with Gasteiger partial charge < -0.3 is 5.11 Å². The molecule has 2 rings (SSSR count). The highest BCUT2D eigenvalue weighted by Gasteiger charge is 2.07. The van der Waals surface area contributed by atoms with E-state index in [1.54, 1.807) is 0 Å². The Morgan fingerprint density at radius 2 is 1.81 bits per heavy atom. The normalized spacial score (nSPS) is 10.0. The maximum atomic E-state index is 10.7. The summed E-state index contributed by atoms with van der Waals surface area (Å²) in [5.41, 5.74) is 2.83. The van der Waals surface area contributed by atoms with Crippen molar-refractivity contribution >= 4 is 5.97 Å². The number of carboxylic acid groups (broad SMARTS) is 1. The Balaban J connectivity index is 2.44. The molecule has 0 saturated carbocycles. The van der Waals surface area contributed by atoms with Crippen LogP contribution >= 0.6 is 0 Å². The van der Waals surface area contributed by atoms with Crippen molar-refractivity contribution in [2.45, 2.75) is 6.42 Å². The zero-order valence-corrected chi connectivity index (χ0v) is 8.68. The maximum absolute atomic E-state index is 10.7. The van der Waals surface area contributed by atoms with Crippen molar-refractivity contribution in [3.8, 4) is 11.1 Å². The molecule has 0 atom stereocenters. The molecule has 0 aromatic heterocycles. The molecule has 1 N–H and O–H groups in total. The van der Waals surface area contributed by atoms with Crippen LogP contribution in [0.5, 0.6) is 0 Å². The van der Waals surface area contributed by atoms with E-state index in [4.69, 9.17) is 5.11 Å². The molecule has 2 aromatic rings. The highest BCUT2D eigenvalue weighted by atomic mass is 16.4. The summed E-state index contributed by atoms with van der Waals surface area (Å²) in [6, 6.07) is 18.0. The third-order valence-electron chi connectivity index (χ3n) is 2.39. The average Bonchev–Trinajstić information content (AvgIpc) is 2.30. The number of aliphatic carboxylic acids is 1. The molecule has 16 heavy (non-hydrogen) atoms. The van der Waals surface area contributed by atoms with Gasteiger partial charge in [-0.3, -0.25) is 4.79 Å². The van der Waals surface area contributed by atoms with Gasteiger partial charge in [-0.25, -0.2) is 0 Å². The summed E-state index contributed by atoms with van der Waals surface area (Å²) < 4.78 is 0. The summed E-state index contributed by atoms with van der Waals surface area (Å²) >= 11 is 0. The Morgan fingerprint density at radius 1 is 1.12 bits per heavy atom. The van der Waals surface area contributed by atoms with Gasteiger partial charge >= 0.3 is 5.97 Å². The number of benzene rings is 2. The molecule has 0 bridgehead atoms. The molecular formula is C14H11O2. The van der Waals surface area contributed by atoms with Crippen LogP contribution in [0, 0.1) is 6.07 Å². The molecule has 0 aliphatic carbocycles. The van der Waals surface area contributed by atoms with Crippen molar-refractivity contribution in [2.75, 3.05) is 0 Å². The zero-order chi connectivity index (χ0) is 11.4. The van der Waals surface area contributed by atoms with Crippen molar-refractivity contribution in [1.29, 1.82) is 0 Å². The zero-order valence-electron chi connectivity index (χ0n) is 8.68. The van der Waals surface area contributed by atoms with E-state index in [0.717, 1.165) is 16.7 Å². The predicted molar refractivity (Wildman–Crippen MR) is 62.1 cm³/mol. The summed E-state index contributed by atoms with van der Waals surface area (Å²) in [7, 11) is 0. The third-order valence-corrected chi connectivity index (χ3v) is 2.39. The Bertz CT molecular complexity index is 489. The first kappa shape index (κ1) is 10.4. The van der Waals surface area contributed by atoms with E-state index < -0.39 is 5.97 Å². The third kappa shape index (κ3) is 2.28. The van der Waals surface area contributed by atoms with Gasteiger partial charge in [0.1, 0.15) is 0 Å². The molecular weight excluding hydrogens is 200 g/mol. The highest BCUT2D eigenvalue weighted by molar-refractivity contribution is 5.76. The Labute approximate surface area is 94.2 Å². The molecule has 1 radical (unpaired) electrons. The summed E-state index contributed by atoms with van der Waals surface area (Å²) in [6.07, 6.45) is 0.0504. The van der Waals surface area contributed by atoms with Crippen LogP contribution in [0.3, 0.4) is 0 Å². The minimum absolute atomic E-state index is 0.0504. The van der Waals surface area contributed by atoms with E-state index in [1.165, 1.54) is 0 Å². The number of hydrogen-bond donors (Lipinski definition) is 1. The van der Waals surface area contributed by atoms with Crippen LogP contribution in [-0.2, 0) is 11.2 Å². The lowest BCUT2D eigenvalue weighted by Crippen LogP contribution is -2.01. The number of carboxylic acids is 1. The fourth-order valence-corrected chi connectivity index (χ4v) is 1.69. The van der Waals surface area contributed by atoms with E-state index >= 15 is 0 Å². The van der Waals surface area contributed by atoms with Crippen molar-refractivity contribution in [2.24, 2.45) is 0 Å². The highest BCUT2D eigenvalue weighted by Crippen LogP contribution is 2.23. The molecule has 0 aliphatic heterocycles. The van der Waals surface area contributed by atoms with Gasteiger partial charge in [0.2, 0.25) is 0 Å². The van der Waals surface area contributed by atoms with Crippen LogP contribution in [-0.4, -0.2) is 11.1 Å². The van der Waals surface area contributed by atoms with Gasteiger partial charge in [-0.15, -0.1) is 0 Å². The SMILES string of the molecule is O=C(O)Cc1ccccc1-c1cc[c]cc1. The molecule has 0 amide bonds. The first-order valence-electron chi connectivity index (χ1n) is 5.03. The van der Waals surface area contributed by atoms with E-state index in [-0.39, 0.29) is 6.42 Å². The molecule has 79 valence electrons. The maximum Gasteiger partial charge on any atom is 0.307 e. The molecule has 0 spiro atoms. The summed E-state index contributed by atoms with van der Waals surface area (Å²) in [5, 5.41) is 8.83. The molecule has 2 aromatic carbocycles. The first-order chi connectivity index (χ1) is 7.77. The topological polar surface area (TPSA) is 37.3 Å². The number of carbonyl (C=O) groups is 1. The summed E-state index contributed by atoms with van der Waals surface area (Å²) in [5.74, 6) is -0.810. The van der Waals surface area contributed by atoms with Crippen molar-refractivity contribution in [3.63, 3.8) is 0 Å². The average molecular weight is 211 g/mol. The summed E-state index contributed by atoms with van der Waals surface area (Å²) in [4.78, 5) is 10.7. The minimum Gasteiger partial charge on any atom is -0.481 e. The Morgan fingerprint density at radius 3 is 2.50 bits per heavy atom. The van der Waals surface area contributed by atoms with Gasteiger partial charge in [0, 0.05) is 0 Å². The van der Waals surface area contributed by atoms with E-state index in [9.17, 15) is 4.79 Å². The van der Waals surface area contributed by atoms with Gasteiger partial charge in [-0.05, 0) is 22.8 Å². The van der Waals surface area contributed by atoms with E-state index in [2.05, 4.69) is 6.07 Å². The monoisotopic (exact) mass is 211 g/mol. The second-order valence-corrected chi connectivity index (χ2v) is 3.52. The van der Waals surface area contributed by atoms with E-state index in [0.29, 0.717) is 0 Å². The van der Waals surface area contributed by atoms with Gasteiger partial charge in [0.15, 0.2) is 0 Å². The largest absolute Gasteiger partial charge is 0.481 e. The second-order valence-electron chi connectivity index (χ2n) is 3.52. The first-order valence-corrected chi connectivity index (χ1v) is 5.03. The minimum atomic E-state index is -0.810. The van der Waals surface area contributed by atoms with Gasteiger partial charge in [0.05, 0.1) is 6.42 Å². The number of hydrogen-bond acceptors (Lipinski definition) is 1. The smallest absolute Gasteiger partial charge is 0.307 e. The molecule has 0 saturated heterocycles. The van der Waals surface area contributed by atoms with Crippen LogP contribution in [0.15, 0.2) is 48.5 Å². The van der Waals surface area contributed by atoms with Crippen LogP contribution in [0.1, 0.15) is 5.56 Å². The Hall–Kier alpha value is -2.09. The van der Waals surface area contributed by atoms with Crippen LogP contribution in [0.25, 0.3) is 11.1 Å². The predicted octanol–water partition coefficient (Wildman–Crippen LogP) is 2.78. The fraction of sp³-hybridized carbons (Fsp3) is 0.0714. The van der Waals surface area contributed by atoms with Gasteiger partial charge in [-0.1, -0.05) is 48.5 Å². The van der Waals surface area contributed by atoms with Crippen molar-refractivity contribution in [1.82, 2.24) is 0 Å². The lowest BCUT2D eigenvalue weighted by atomic mass is 9.98. The lowest BCUT2D eigenvalue weighted by Gasteiger charge is -2.07. The second kappa shape index (κ2) is 4.62. The van der Waals surface area contributed by atoms with Crippen molar-refractivity contribution < 1.29 is 9.90 Å². The molecule has 0 unspecified atom stereocenters. The quantitative estimate of drug-likeness (QED) is 0.847. The fourth-order valence-electron chi connectivity index (χ4n) is 1.69. The molecule has 0 heterocycles. The molecule has 2 nitrogen and oxygen atoms in total. The van der Waals surface area contributed by atoms with Crippen LogP contribution in [0.2, 0.25) is 0 Å². The molecule has 2 heteroatoms. The molecule has 0 aliphatic rings. The van der Waals surface area contributed by atoms with Crippen molar-refractivity contribution in [3.05, 3.63) is 60.2 Å². The molecule has 0 fully saturated rings. The van der Waals surface area contributed by atoms with E-state index in [1.807, 2.05) is 48.5 Å². The lowest BCUT2D eigenvalue weighted by molar-refractivity contribution is -0.136. The van der Waals surface area contributed by atoms with Gasteiger partial charge in [-0.2, -0.15) is 0 Å². The summed E-state index contributed by atoms with van der Waals surface area (Å²) in [6.45, 7) is 0. The standard InChI is InChI=1S/C14H11O2/c15-14(16)10-12-8-4-5-9-13(12)11-6-2-1-3-7-11/h2-9H,10H2,(H,15,16).